The van der Waals surface area contributed by atoms with E-state index in [1.807, 2.05) is 12.1 Å². The van der Waals surface area contributed by atoms with Crippen LogP contribution in [0.5, 0.6) is 0 Å². The van der Waals surface area contributed by atoms with Gasteiger partial charge in [-0.1, -0.05) is 41.9 Å². The van der Waals surface area contributed by atoms with Crippen LogP contribution < -0.4 is 11.1 Å². The highest BCUT2D eigenvalue weighted by atomic mass is 35.5. The molecule has 0 radical (unpaired) electrons. The van der Waals surface area contributed by atoms with Crippen LogP contribution in [0.4, 0.5) is 8.78 Å². The lowest BCUT2D eigenvalue weighted by atomic mass is 10.2. The molecule has 1 heterocycles. The van der Waals surface area contributed by atoms with E-state index in [-0.39, 0.29) is 41.7 Å². The number of hydrogen-bond donors (Lipinski definition) is 2. The molecule has 0 unspecified atom stereocenters. The first kappa shape index (κ1) is 23.6. The summed E-state index contributed by atoms with van der Waals surface area (Å²) >= 11 is 5.76. The number of rotatable bonds is 11. The standard InChI is InChI=1S/C22H24ClF2N5O2/c23-17-7-3-5-15(20(17)25)13-27-19(31)14-29(10-4-9-24)11-12-30-18-8-2-1-6-16(18)21(28-30)22(26)32/h1-3,5-8H,4,9-14H2,(H2,26,32)(H,27,31). The molecule has 3 N–H and O–H groups in total. The van der Waals surface area contributed by atoms with Crippen molar-refractivity contribution in [1.82, 2.24) is 20.0 Å². The fourth-order valence-electron chi connectivity index (χ4n) is 3.41. The smallest absolute Gasteiger partial charge is 0.269 e. The van der Waals surface area contributed by atoms with E-state index in [9.17, 15) is 18.4 Å². The quantitative estimate of drug-likeness (QED) is 0.457. The lowest BCUT2D eigenvalue weighted by molar-refractivity contribution is -0.122. The van der Waals surface area contributed by atoms with E-state index in [0.717, 1.165) is 5.52 Å². The molecular formula is C22H24ClF2N5O2. The predicted octanol–water partition coefficient (Wildman–Crippen LogP) is 2.91. The van der Waals surface area contributed by atoms with Gasteiger partial charge in [-0.05, 0) is 18.6 Å². The summed E-state index contributed by atoms with van der Waals surface area (Å²) in [5.74, 6) is -1.52. The van der Waals surface area contributed by atoms with E-state index in [2.05, 4.69) is 10.4 Å². The number of amides is 2. The summed E-state index contributed by atoms with van der Waals surface area (Å²) in [6.45, 7) is 0.608. The molecule has 0 aliphatic rings. The number of nitrogens with one attached hydrogen (secondary N) is 1. The molecule has 0 aliphatic heterocycles. The van der Waals surface area contributed by atoms with Gasteiger partial charge in [0.05, 0.1) is 30.3 Å². The fraction of sp³-hybridized carbons (Fsp3) is 0.318. The third-order valence-corrected chi connectivity index (χ3v) is 5.29. The van der Waals surface area contributed by atoms with Crippen LogP contribution in [0.15, 0.2) is 42.5 Å². The molecule has 0 saturated carbocycles. The van der Waals surface area contributed by atoms with Gasteiger partial charge in [0, 0.05) is 30.6 Å². The van der Waals surface area contributed by atoms with Crippen LogP contribution in [0.2, 0.25) is 5.02 Å². The Kier molecular flexibility index (Phi) is 8.13. The summed E-state index contributed by atoms with van der Waals surface area (Å²) in [5.41, 5.74) is 6.63. The number of alkyl halides is 1. The molecule has 2 aromatic carbocycles. The van der Waals surface area contributed by atoms with Crippen molar-refractivity contribution in [2.75, 3.05) is 26.3 Å². The average Bonchev–Trinajstić information content (AvgIpc) is 3.16. The van der Waals surface area contributed by atoms with Crippen LogP contribution in [-0.2, 0) is 17.9 Å². The minimum absolute atomic E-state index is 0.00403. The van der Waals surface area contributed by atoms with Crippen LogP contribution in [-0.4, -0.2) is 52.8 Å². The normalized spacial score (nSPS) is 11.2. The number of benzene rings is 2. The Morgan fingerprint density at radius 1 is 1.16 bits per heavy atom. The van der Waals surface area contributed by atoms with Crippen molar-refractivity contribution in [1.29, 1.82) is 0 Å². The second kappa shape index (κ2) is 11.0. The number of nitrogens with two attached hydrogens (primary N) is 1. The van der Waals surface area contributed by atoms with Crippen LogP contribution in [0.1, 0.15) is 22.5 Å². The van der Waals surface area contributed by atoms with Crippen LogP contribution in [0, 0.1) is 5.82 Å². The zero-order chi connectivity index (χ0) is 23.1. The highest BCUT2D eigenvalue weighted by molar-refractivity contribution is 6.30. The lowest BCUT2D eigenvalue weighted by Crippen LogP contribution is -2.39. The summed E-state index contributed by atoms with van der Waals surface area (Å²) in [7, 11) is 0. The largest absolute Gasteiger partial charge is 0.364 e. The minimum atomic E-state index is -0.623. The Labute approximate surface area is 189 Å². The van der Waals surface area contributed by atoms with Gasteiger partial charge in [-0.25, -0.2) is 4.39 Å². The molecule has 10 heteroatoms. The number of carbonyl (C=O) groups is 2. The predicted molar refractivity (Wildman–Crippen MR) is 119 cm³/mol. The SMILES string of the molecule is NC(=O)c1nn(CCN(CCCF)CC(=O)NCc2cccc(Cl)c2F)c2ccccc12. The number of aromatic nitrogens is 2. The van der Waals surface area contributed by atoms with Gasteiger partial charge in [0.15, 0.2) is 5.69 Å². The number of hydrogen-bond acceptors (Lipinski definition) is 4. The molecule has 0 bridgehead atoms. The van der Waals surface area contributed by atoms with E-state index in [0.29, 0.717) is 25.0 Å². The van der Waals surface area contributed by atoms with Crippen molar-refractivity contribution in [3.8, 4) is 0 Å². The first-order chi connectivity index (χ1) is 15.4. The highest BCUT2D eigenvalue weighted by Gasteiger charge is 2.16. The maximum Gasteiger partial charge on any atom is 0.269 e. The molecule has 0 saturated heterocycles. The summed E-state index contributed by atoms with van der Waals surface area (Å²) < 4.78 is 28.4. The van der Waals surface area contributed by atoms with Gasteiger partial charge in [-0.3, -0.25) is 23.6 Å². The van der Waals surface area contributed by atoms with Crippen LogP contribution >= 0.6 is 11.6 Å². The monoisotopic (exact) mass is 463 g/mol. The molecule has 3 aromatic rings. The van der Waals surface area contributed by atoms with E-state index in [4.69, 9.17) is 17.3 Å². The Bertz CT molecular complexity index is 1110. The first-order valence-electron chi connectivity index (χ1n) is 10.1. The van der Waals surface area contributed by atoms with E-state index >= 15 is 0 Å². The maximum absolute atomic E-state index is 14.0. The summed E-state index contributed by atoms with van der Waals surface area (Å²) in [4.78, 5) is 25.9. The Morgan fingerprint density at radius 2 is 1.94 bits per heavy atom. The van der Waals surface area contributed by atoms with Gasteiger partial charge in [-0.2, -0.15) is 5.10 Å². The van der Waals surface area contributed by atoms with Gasteiger partial charge in [0.1, 0.15) is 5.82 Å². The summed E-state index contributed by atoms with van der Waals surface area (Å²) in [6.07, 6.45) is 0.266. The number of primary amides is 1. The number of fused-ring (bicyclic) bond motifs is 1. The molecular weight excluding hydrogens is 440 g/mol. The van der Waals surface area contributed by atoms with E-state index < -0.39 is 18.4 Å². The fourth-order valence-corrected chi connectivity index (χ4v) is 3.60. The maximum atomic E-state index is 14.0. The van der Waals surface area contributed by atoms with Crippen molar-refractivity contribution in [2.45, 2.75) is 19.5 Å². The Balaban J connectivity index is 1.64. The zero-order valence-electron chi connectivity index (χ0n) is 17.4. The molecule has 1 aromatic heterocycles. The van der Waals surface area contributed by atoms with Gasteiger partial charge >= 0.3 is 0 Å². The average molecular weight is 464 g/mol. The molecule has 0 fully saturated rings. The molecule has 170 valence electrons. The Hall–Kier alpha value is -3.04. The number of para-hydroxylation sites is 1. The number of nitrogens with zero attached hydrogens (tertiary/aromatic N) is 3. The second-order valence-electron chi connectivity index (χ2n) is 7.26. The van der Waals surface area contributed by atoms with Gasteiger partial charge in [0.2, 0.25) is 5.91 Å². The van der Waals surface area contributed by atoms with Gasteiger partial charge in [-0.15, -0.1) is 0 Å². The third-order valence-electron chi connectivity index (χ3n) is 5.00. The molecule has 0 spiro atoms. The van der Waals surface area contributed by atoms with Crippen molar-refractivity contribution in [3.05, 3.63) is 64.6 Å². The molecule has 0 atom stereocenters. The minimum Gasteiger partial charge on any atom is -0.364 e. The molecule has 32 heavy (non-hydrogen) atoms. The molecule has 0 aliphatic carbocycles. The topological polar surface area (TPSA) is 93.2 Å². The Morgan fingerprint density at radius 3 is 2.69 bits per heavy atom. The van der Waals surface area contributed by atoms with Gasteiger partial charge < -0.3 is 11.1 Å². The molecule has 3 rings (SSSR count). The lowest BCUT2D eigenvalue weighted by Gasteiger charge is -2.21. The number of carbonyl (C=O) groups excluding carboxylic acids is 2. The first-order valence-corrected chi connectivity index (χ1v) is 10.5. The van der Waals surface area contributed by atoms with Crippen molar-refractivity contribution >= 4 is 34.3 Å². The van der Waals surface area contributed by atoms with Crippen LogP contribution in [0.25, 0.3) is 10.9 Å². The van der Waals surface area contributed by atoms with E-state index in [1.165, 1.54) is 6.07 Å². The third kappa shape index (κ3) is 5.80. The highest BCUT2D eigenvalue weighted by Crippen LogP contribution is 2.19. The van der Waals surface area contributed by atoms with Gasteiger partial charge in [0.25, 0.3) is 5.91 Å². The summed E-state index contributed by atoms with van der Waals surface area (Å²) in [6, 6.07) is 11.8. The molecule has 2 amide bonds. The number of halogens is 3. The second-order valence-corrected chi connectivity index (χ2v) is 7.67. The zero-order valence-corrected chi connectivity index (χ0v) is 18.1. The van der Waals surface area contributed by atoms with Crippen molar-refractivity contribution in [2.24, 2.45) is 5.73 Å². The molecule has 7 nitrogen and oxygen atoms in total. The van der Waals surface area contributed by atoms with Crippen molar-refractivity contribution < 1.29 is 18.4 Å². The van der Waals surface area contributed by atoms with E-state index in [1.54, 1.807) is 33.8 Å². The van der Waals surface area contributed by atoms with Crippen molar-refractivity contribution in [3.63, 3.8) is 0 Å². The van der Waals surface area contributed by atoms with Crippen LogP contribution in [0.3, 0.4) is 0 Å². The summed E-state index contributed by atoms with van der Waals surface area (Å²) in [5, 5.41) is 7.60.